The summed E-state index contributed by atoms with van der Waals surface area (Å²) in [5.41, 5.74) is 1.52. The molecule has 1 heteroatoms. The van der Waals surface area contributed by atoms with E-state index in [1.807, 2.05) is 0 Å². The second-order valence-electron chi connectivity index (χ2n) is 5.10. The lowest BCUT2D eigenvalue weighted by molar-refractivity contribution is 0.331. The van der Waals surface area contributed by atoms with E-state index in [1.165, 1.54) is 19.3 Å². The van der Waals surface area contributed by atoms with Gasteiger partial charge in [-0.2, -0.15) is 0 Å². The molecule has 0 aromatic heterocycles. The van der Waals surface area contributed by atoms with Crippen molar-refractivity contribution in [1.29, 1.82) is 5.41 Å². The van der Waals surface area contributed by atoms with Crippen LogP contribution in [0, 0.1) is 22.2 Å². The van der Waals surface area contributed by atoms with Gasteiger partial charge in [0, 0.05) is 16.5 Å². The largest absolute Gasteiger partial charge is 0.309 e. The van der Waals surface area contributed by atoms with Crippen LogP contribution in [0.4, 0.5) is 0 Å². The Bertz CT molecular complexity index is 210. The van der Waals surface area contributed by atoms with Gasteiger partial charge in [0.05, 0.1) is 0 Å². The van der Waals surface area contributed by atoms with Gasteiger partial charge in [0.2, 0.25) is 0 Å². The average Bonchev–Trinajstić information content (AvgIpc) is 2.36. The summed E-state index contributed by atoms with van der Waals surface area (Å²) in [6.07, 6.45) is 3.89. The van der Waals surface area contributed by atoms with Gasteiger partial charge >= 0.3 is 0 Å². The highest BCUT2D eigenvalue weighted by atomic mass is 14.7. The molecule has 2 aliphatic carbocycles. The predicted octanol–water partition coefficient (Wildman–Crippen LogP) is 2.85. The van der Waals surface area contributed by atoms with Crippen LogP contribution < -0.4 is 0 Å². The molecular weight excluding hydrogens is 134 g/mol. The van der Waals surface area contributed by atoms with Crippen molar-refractivity contribution in [3.63, 3.8) is 0 Å². The Hall–Kier alpha value is -0.330. The minimum absolute atomic E-state index is 0.215. The quantitative estimate of drug-likeness (QED) is 0.550. The first kappa shape index (κ1) is 7.33. The van der Waals surface area contributed by atoms with E-state index in [2.05, 4.69) is 20.8 Å². The van der Waals surface area contributed by atoms with Gasteiger partial charge in [-0.15, -0.1) is 0 Å². The zero-order valence-corrected chi connectivity index (χ0v) is 7.70. The SMILES string of the molecule is CC1(C)C(=N)[C@]2(C)CC[C@H]1C2. The molecule has 2 bridgehead atoms. The molecule has 11 heavy (non-hydrogen) atoms. The first-order chi connectivity index (χ1) is 4.97. The third kappa shape index (κ3) is 0.692. The van der Waals surface area contributed by atoms with E-state index < -0.39 is 0 Å². The molecule has 0 amide bonds. The maximum Gasteiger partial charge on any atom is 0.0207 e. The number of nitrogens with one attached hydrogen (secondary N) is 1. The summed E-state index contributed by atoms with van der Waals surface area (Å²) >= 11 is 0. The van der Waals surface area contributed by atoms with Gasteiger partial charge in [-0.3, -0.25) is 0 Å². The van der Waals surface area contributed by atoms with Crippen molar-refractivity contribution >= 4 is 5.71 Å². The Kier molecular flexibility index (Phi) is 1.13. The Morgan fingerprint density at radius 1 is 1.36 bits per heavy atom. The van der Waals surface area contributed by atoms with Crippen LogP contribution in [0.1, 0.15) is 40.0 Å². The van der Waals surface area contributed by atoms with E-state index in [-0.39, 0.29) is 10.8 Å². The lowest BCUT2D eigenvalue weighted by Gasteiger charge is -2.34. The monoisotopic (exact) mass is 151 g/mol. The van der Waals surface area contributed by atoms with Crippen molar-refractivity contribution in [3.8, 4) is 0 Å². The molecule has 0 spiro atoms. The first-order valence-corrected chi connectivity index (χ1v) is 4.56. The highest BCUT2D eigenvalue weighted by Gasteiger charge is 2.56. The molecule has 2 atom stereocenters. The van der Waals surface area contributed by atoms with Crippen molar-refractivity contribution in [2.24, 2.45) is 16.7 Å². The van der Waals surface area contributed by atoms with Gasteiger partial charge in [-0.05, 0) is 25.2 Å². The van der Waals surface area contributed by atoms with Gasteiger partial charge in [0.15, 0.2) is 0 Å². The summed E-state index contributed by atoms with van der Waals surface area (Å²) in [4.78, 5) is 0. The van der Waals surface area contributed by atoms with Crippen LogP contribution in [-0.2, 0) is 0 Å². The van der Waals surface area contributed by atoms with Crippen LogP contribution >= 0.6 is 0 Å². The number of fused-ring (bicyclic) bond motifs is 2. The van der Waals surface area contributed by atoms with E-state index in [0.29, 0.717) is 0 Å². The summed E-state index contributed by atoms with van der Waals surface area (Å²) in [7, 11) is 0. The molecule has 0 aromatic rings. The van der Waals surface area contributed by atoms with E-state index in [4.69, 9.17) is 5.41 Å². The predicted molar refractivity (Wildman–Crippen MR) is 47.0 cm³/mol. The Morgan fingerprint density at radius 2 is 2.00 bits per heavy atom. The number of hydrogen-bond acceptors (Lipinski definition) is 1. The molecule has 2 rings (SSSR count). The zero-order chi connectivity index (χ0) is 8.28. The maximum absolute atomic E-state index is 8.04. The van der Waals surface area contributed by atoms with Crippen molar-refractivity contribution in [1.82, 2.24) is 0 Å². The van der Waals surface area contributed by atoms with Gasteiger partial charge in [-0.25, -0.2) is 0 Å². The molecule has 1 nitrogen and oxygen atoms in total. The lowest BCUT2D eigenvalue weighted by Crippen LogP contribution is -2.34. The second kappa shape index (κ2) is 1.70. The summed E-state index contributed by atoms with van der Waals surface area (Å²) < 4.78 is 0. The fourth-order valence-electron chi connectivity index (χ4n) is 3.07. The van der Waals surface area contributed by atoms with Gasteiger partial charge < -0.3 is 5.41 Å². The minimum Gasteiger partial charge on any atom is -0.309 e. The molecule has 62 valence electrons. The van der Waals surface area contributed by atoms with Gasteiger partial charge in [0.25, 0.3) is 0 Å². The van der Waals surface area contributed by atoms with E-state index in [0.717, 1.165) is 11.6 Å². The van der Waals surface area contributed by atoms with Crippen LogP contribution in [0.2, 0.25) is 0 Å². The Labute approximate surface area is 68.7 Å². The molecule has 1 N–H and O–H groups in total. The third-order valence-electron chi connectivity index (χ3n) is 4.01. The summed E-state index contributed by atoms with van der Waals surface area (Å²) in [6.45, 7) is 6.75. The summed E-state index contributed by atoms with van der Waals surface area (Å²) in [6, 6.07) is 0. The molecule has 0 saturated heterocycles. The Morgan fingerprint density at radius 3 is 2.27 bits per heavy atom. The molecule has 0 radical (unpaired) electrons. The van der Waals surface area contributed by atoms with Crippen LogP contribution in [0.15, 0.2) is 0 Å². The highest BCUT2D eigenvalue weighted by Crippen LogP contribution is 2.59. The lowest BCUT2D eigenvalue weighted by atomic mass is 9.71. The fourth-order valence-corrected chi connectivity index (χ4v) is 3.07. The average molecular weight is 151 g/mol. The van der Waals surface area contributed by atoms with Crippen LogP contribution in [0.25, 0.3) is 0 Å². The van der Waals surface area contributed by atoms with Crippen LogP contribution in [-0.4, -0.2) is 5.71 Å². The second-order valence-corrected chi connectivity index (χ2v) is 5.10. The third-order valence-corrected chi connectivity index (χ3v) is 4.01. The molecule has 2 fully saturated rings. The molecule has 0 aromatic carbocycles. The first-order valence-electron chi connectivity index (χ1n) is 4.56. The standard InChI is InChI=1S/C10H17N/c1-9(2)7-4-5-10(3,6-7)8(9)11/h7,11H,4-6H2,1-3H3/t7-,10+/m0/s1. The number of rotatable bonds is 0. The molecule has 0 unspecified atom stereocenters. The number of hydrogen-bond donors (Lipinski definition) is 1. The fraction of sp³-hybridized carbons (Fsp3) is 0.900. The van der Waals surface area contributed by atoms with Crippen molar-refractivity contribution in [3.05, 3.63) is 0 Å². The zero-order valence-electron chi connectivity index (χ0n) is 7.70. The molecule has 2 saturated carbocycles. The summed E-state index contributed by atoms with van der Waals surface area (Å²) in [5, 5.41) is 8.04. The normalized spacial score (nSPS) is 46.8. The topological polar surface area (TPSA) is 23.9 Å². The van der Waals surface area contributed by atoms with Crippen LogP contribution in [0.3, 0.4) is 0 Å². The highest BCUT2D eigenvalue weighted by molar-refractivity contribution is 5.95. The van der Waals surface area contributed by atoms with Crippen LogP contribution in [0.5, 0.6) is 0 Å². The Balaban J connectivity index is 2.42. The maximum atomic E-state index is 8.04. The van der Waals surface area contributed by atoms with Gasteiger partial charge in [-0.1, -0.05) is 20.8 Å². The minimum atomic E-state index is 0.215. The van der Waals surface area contributed by atoms with Crippen molar-refractivity contribution < 1.29 is 0 Å². The van der Waals surface area contributed by atoms with Gasteiger partial charge in [0.1, 0.15) is 0 Å². The van der Waals surface area contributed by atoms with E-state index in [1.54, 1.807) is 0 Å². The smallest absolute Gasteiger partial charge is 0.0207 e. The van der Waals surface area contributed by atoms with Crippen molar-refractivity contribution in [2.45, 2.75) is 40.0 Å². The van der Waals surface area contributed by atoms with E-state index >= 15 is 0 Å². The molecule has 0 heterocycles. The molecule has 0 aliphatic heterocycles. The van der Waals surface area contributed by atoms with E-state index in [9.17, 15) is 0 Å². The molecular formula is C10H17N. The molecule has 2 aliphatic rings. The van der Waals surface area contributed by atoms with Crippen molar-refractivity contribution in [2.75, 3.05) is 0 Å². The summed E-state index contributed by atoms with van der Waals surface area (Å²) in [5.74, 6) is 0.806.